The van der Waals surface area contributed by atoms with E-state index in [1.165, 1.54) is 11.1 Å². The Bertz CT molecular complexity index is 4530. The number of hydrogen-bond acceptors (Lipinski definition) is 4. The minimum Gasteiger partial charge on any atom is -0.309 e. The van der Waals surface area contributed by atoms with Gasteiger partial charge in [-0.15, -0.1) is 0 Å². The number of aromatic nitrogens is 6. The highest BCUT2D eigenvalue weighted by Gasteiger charge is 2.24. The van der Waals surface area contributed by atoms with Gasteiger partial charge in [0, 0.05) is 55.6 Å². The molecule has 6 nitrogen and oxygen atoms in total. The molecular formula is C74H48N6. The van der Waals surface area contributed by atoms with Crippen molar-refractivity contribution in [2.45, 2.75) is 0 Å². The molecule has 6 heteroatoms. The summed E-state index contributed by atoms with van der Waals surface area (Å²) in [4.78, 5) is 20.6. The topological polar surface area (TPSA) is 61.4 Å². The Balaban J connectivity index is 1.01. The summed E-state index contributed by atoms with van der Waals surface area (Å²) in [6.07, 6.45) is 3.94. The van der Waals surface area contributed by atoms with Crippen molar-refractivity contribution >= 4 is 43.6 Å². The lowest BCUT2D eigenvalue weighted by molar-refractivity contribution is 1.07. The fourth-order valence-corrected chi connectivity index (χ4v) is 11.6. The Morgan fingerprint density at radius 2 is 0.525 bits per heavy atom. The Kier molecular flexibility index (Phi) is 11.4. The minimum absolute atomic E-state index is 0.574. The average Bonchev–Trinajstić information content (AvgIpc) is 4.28. The SMILES string of the molecule is c1ccc(-c2ccc3c(c2)c2cc(-c4ccccc4)ccc2n3-c2cnccc2-c2ccc(-c3nc(-c4ccccc4)nc(-c4ccccc4)n3)cc2-n2c3ccc(-c4ccccc4)cc3c3cc(-c4ccccc4)ccc32)cc1. The third-order valence-electron chi connectivity index (χ3n) is 15.5. The standard InChI is InChI=1S/C74H48N6/c1-7-19-49(20-8-1)55-32-37-66-62(43-55)63-44-56(50-21-9-2-10-22-50)33-38-67(63)79(66)70-47-59(74-77-72(53-27-15-5-16-28-53)76-73(78-74)54-29-17-6-18-30-54)31-36-60(70)61-41-42-75-48-71(61)80-68-39-34-57(51-23-11-3-12-24-51)45-64(68)65-46-58(35-40-69(65)80)52-25-13-4-14-26-52/h1-48H. The quantitative estimate of drug-likeness (QED) is 0.137. The lowest BCUT2D eigenvalue weighted by atomic mass is 9.99. The summed E-state index contributed by atoms with van der Waals surface area (Å²) < 4.78 is 4.85. The predicted molar refractivity (Wildman–Crippen MR) is 330 cm³/mol. The first kappa shape index (κ1) is 46.5. The van der Waals surface area contributed by atoms with Crippen molar-refractivity contribution < 1.29 is 0 Å². The maximum Gasteiger partial charge on any atom is 0.164 e. The molecule has 4 heterocycles. The van der Waals surface area contributed by atoms with E-state index in [4.69, 9.17) is 19.9 Å². The van der Waals surface area contributed by atoms with Crippen LogP contribution in [-0.4, -0.2) is 29.1 Å². The lowest BCUT2D eigenvalue weighted by Gasteiger charge is -2.19. The Labute approximate surface area is 462 Å². The smallest absolute Gasteiger partial charge is 0.164 e. The van der Waals surface area contributed by atoms with Crippen LogP contribution in [0.4, 0.5) is 0 Å². The lowest BCUT2D eigenvalue weighted by Crippen LogP contribution is -2.04. The summed E-state index contributed by atoms with van der Waals surface area (Å²) in [5.74, 6) is 1.78. The number of fused-ring (bicyclic) bond motifs is 6. The molecule has 0 spiro atoms. The van der Waals surface area contributed by atoms with Crippen LogP contribution < -0.4 is 0 Å². The highest BCUT2D eigenvalue weighted by atomic mass is 15.0. The van der Waals surface area contributed by atoms with Gasteiger partial charge in [-0.2, -0.15) is 0 Å². The van der Waals surface area contributed by atoms with Gasteiger partial charge < -0.3 is 9.13 Å². The summed E-state index contributed by atoms with van der Waals surface area (Å²) in [6.45, 7) is 0. The van der Waals surface area contributed by atoms with E-state index in [9.17, 15) is 0 Å². The van der Waals surface area contributed by atoms with Crippen molar-refractivity contribution in [3.8, 4) is 101 Å². The largest absolute Gasteiger partial charge is 0.309 e. The molecule has 0 bridgehead atoms. The van der Waals surface area contributed by atoms with Gasteiger partial charge in [-0.1, -0.05) is 218 Å². The second-order valence-electron chi connectivity index (χ2n) is 20.2. The molecule has 15 rings (SSSR count). The Hall–Kier alpha value is -10.8. The molecule has 0 atom stereocenters. The second kappa shape index (κ2) is 19.6. The zero-order chi connectivity index (χ0) is 52.9. The molecule has 0 radical (unpaired) electrons. The first-order valence-electron chi connectivity index (χ1n) is 27.0. The molecule has 0 saturated carbocycles. The predicted octanol–water partition coefficient (Wildman–Crippen LogP) is 18.8. The summed E-state index contributed by atoms with van der Waals surface area (Å²) in [5.41, 5.74) is 20.2. The molecule has 374 valence electrons. The van der Waals surface area contributed by atoms with Crippen molar-refractivity contribution in [3.63, 3.8) is 0 Å². The molecule has 80 heavy (non-hydrogen) atoms. The van der Waals surface area contributed by atoms with E-state index < -0.39 is 0 Å². The van der Waals surface area contributed by atoms with Crippen LogP contribution in [-0.2, 0) is 0 Å². The number of hydrogen-bond donors (Lipinski definition) is 0. The monoisotopic (exact) mass is 1020 g/mol. The van der Waals surface area contributed by atoms with Crippen molar-refractivity contribution in [2.24, 2.45) is 0 Å². The first-order chi connectivity index (χ1) is 39.7. The van der Waals surface area contributed by atoms with Gasteiger partial charge in [-0.05, 0) is 105 Å². The van der Waals surface area contributed by atoms with Gasteiger partial charge in [0.05, 0.1) is 39.6 Å². The van der Waals surface area contributed by atoms with E-state index in [1.807, 2.05) is 48.8 Å². The van der Waals surface area contributed by atoms with Crippen molar-refractivity contribution in [1.29, 1.82) is 0 Å². The van der Waals surface area contributed by atoms with Gasteiger partial charge >= 0.3 is 0 Å². The molecule has 0 amide bonds. The van der Waals surface area contributed by atoms with E-state index in [-0.39, 0.29) is 0 Å². The highest BCUT2D eigenvalue weighted by molar-refractivity contribution is 6.14. The molecule has 15 aromatic rings. The third-order valence-corrected chi connectivity index (χ3v) is 15.5. The van der Waals surface area contributed by atoms with Crippen LogP contribution in [0.3, 0.4) is 0 Å². The minimum atomic E-state index is 0.574. The zero-order valence-corrected chi connectivity index (χ0v) is 43.4. The van der Waals surface area contributed by atoms with Gasteiger partial charge in [0.2, 0.25) is 0 Å². The second-order valence-corrected chi connectivity index (χ2v) is 20.2. The third kappa shape index (κ3) is 8.22. The van der Waals surface area contributed by atoms with E-state index >= 15 is 0 Å². The molecule has 0 N–H and O–H groups in total. The normalized spacial score (nSPS) is 11.5. The van der Waals surface area contributed by atoms with Crippen LogP contribution in [0.1, 0.15) is 0 Å². The van der Waals surface area contributed by atoms with Crippen molar-refractivity contribution in [1.82, 2.24) is 29.1 Å². The fraction of sp³-hybridized carbons (Fsp3) is 0. The number of benzene rings is 11. The van der Waals surface area contributed by atoms with Gasteiger partial charge in [0.15, 0.2) is 17.5 Å². The van der Waals surface area contributed by atoms with Crippen LogP contribution in [0.2, 0.25) is 0 Å². The van der Waals surface area contributed by atoms with Crippen molar-refractivity contribution in [3.05, 3.63) is 291 Å². The highest BCUT2D eigenvalue weighted by Crippen LogP contribution is 2.44. The summed E-state index contributed by atoms with van der Waals surface area (Å²) >= 11 is 0. The van der Waals surface area contributed by atoms with Gasteiger partial charge in [-0.25, -0.2) is 15.0 Å². The van der Waals surface area contributed by atoms with E-state index in [2.05, 4.69) is 252 Å². The van der Waals surface area contributed by atoms with E-state index in [0.29, 0.717) is 17.5 Å². The van der Waals surface area contributed by atoms with Crippen LogP contribution in [0.25, 0.3) is 145 Å². The molecule has 0 saturated heterocycles. The summed E-state index contributed by atoms with van der Waals surface area (Å²) in [6, 6.07) is 99.3. The number of nitrogens with zero attached hydrogens (tertiary/aromatic N) is 6. The molecule has 0 unspecified atom stereocenters. The zero-order valence-electron chi connectivity index (χ0n) is 43.4. The van der Waals surface area contributed by atoms with Crippen LogP contribution in [0.5, 0.6) is 0 Å². The Morgan fingerprint density at radius 1 is 0.225 bits per heavy atom. The number of rotatable bonds is 10. The fourth-order valence-electron chi connectivity index (χ4n) is 11.6. The maximum absolute atomic E-state index is 5.28. The van der Waals surface area contributed by atoms with Gasteiger partial charge in [-0.3, -0.25) is 4.98 Å². The molecule has 4 aromatic heterocycles. The van der Waals surface area contributed by atoms with Crippen LogP contribution in [0, 0.1) is 0 Å². The molecule has 11 aromatic carbocycles. The molecule has 0 aliphatic carbocycles. The Morgan fingerprint density at radius 3 is 0.887 bits per heavy atom. The van der Waals surface area contributed by atoms with E-state index in [1.54, 1.807) is 0 Å². The molecule has 0 aliphatic heterocycles. The van der Waals surface area contributed by atoms with Crippen LogP contribution in [0.15, 0.2) is 291 Å². The van der Waals surface area contributed by atoms with Crippen molar-refractivity contribution in [2.75, 3.05) is 0 Å². The van der Waals surface area contributed by atoms with Gasteiger partial charge in [0.25, 0.3) is 0 Å². The maximum atomic E-state index is 5.28. The molecule has 0 aliphatic rings. The number of pyridine rings is 1. The molecular weight excluding hydrogens is 973 g/mol. The van der Waals surface area contributed by atoms with E-state index in [0.717, 1.165) is 116 Å². The van der Waals surface area contributed by atoms with Gasteiger partial charge in [0.1, 0.15) is 0 Å². The summed E-state index contributed by atoms with van der Waals surface area (Å²) in [7, 11) is 0. The average molecular weight is 1020 g/mol. The first-order valence-corrected chi connectivity index (χ1v) is 27.0. The van der Waals surface area contributed by atoms with Crippen LogP contribution >= 0.6 is 0 Å². The molecule has 0 fully saturated rings. The summed E-state index contributed by atoms with van der Waals surface area (Å²) in [5, 5.41) is 4.62.